The Kier molecular flexibility index (Phi) is 10.4. The first-order valence-electron chi connectivity index (χ1n) is 10.2. The predicted octanol–water partition coefficient (Wildman–Crippen LogP) is 0.226. The molecule has 0 bridgehead atoms. The fourth-order valence-electron chi connectivity index (χ4n) is 2.61. The summed E-state index contributed by atoms with van der Waals surface area (Å²) in [6.07, 6.45) is 3.26. The molecule has 0 aliphatic rings. The van der Waals surface area contributed by atoms with E-state index in [1.807, 2.05) is 0 Å². The lowest BCUT2D eigenvalue weighted by atomic mass is 10.0. The molecule has 1 aromatic heterocycles. The van der Waals surface area contributed by atoms with Gasteiger partial charge < -0.3 is 21.3 Å². The number of unbranched alkanes of at least 4 members (excludes halogenated alkanes) is 1. The largest absolute Gasteiger partial charge is 0.356 e. The zero-order valence-corrected chi connectivity index (χ0v) is 18.7. The number of Topliss-reactive ketones (excluding diaryl/α,β-unsaturated/α-hetero) is 1. The Morgan fingerprint density at radius 1 is 1.06 bits per heavy atom. The van der Waals surface area contributed by atoms with Crippen molar-refractivity contribution in [1.29, 1.82) is 0 Å². The number of halogens is 1. The highest BCUT2D eigenvalue weighted by Crippen LogP contribution is 2.05. The molecule has 0 spiro atoms. The predicted molar refractivity (Wildman–Crippen MR) is 114 cm³/mol. The summed E-state index contributed by atoms with van der Waals surface area (Å²) < 4.78 is 13.2. The van der Waals surface area contributed by atoms with E-state index in [-0.39, 0.29) is 17.9 Å². The standard InChI is InChI=1S/C21H30FN5O5/c1-13(28)24-8-6-5-7-16(18(30)20(32)27-21(2,3)4)26-17(29)12-25-19(31)14-9-15(22)11-23-10-14/h9-11,16H,5-8,12H2,1-4H3,(H,24,28)(H,25,31)(H,26,29)(H,27,32). The third-order valence-corrected chi connectivity index (χ3v) is 4.03. The summed E-state index contributed by atoms with van der Waals surface area (Å²) in [5, 5.41) is 9.95. The maximum absolute atomic E-state index is 13.2. The van der Waals surface area contributed by atoms with Crippen LogP contribution in [0.15, 0.2) is 18.5 Å². The molecule has 32 heavy (non-hydrogen) atoms. The molecule has 0 radical (unpaired) electrons. The summed E-state index contributed by atoms with van der Waals surface area (Å²) in [5.41, 5.74) is -0.701. The Morgan fingerprint density at radius 2 is 1.75 bits per heavy atom. The summed E-state index contributed by atoms with van der Waals surface area (Å²) in [6.45, 7) is 6.46. The molecule has 1 unspecified atom stereocenters. The molecule has 0 aliphatic carbocycles. The molecule has 0 fully saturated rings. The minimum Gasteiger partial charge on any atom is -0.356 e. The van der Waals surface area contributed by atoms with Gasteiger partial charge in [-0.1, -0.05) is 0 Å². The number of nitrogens with one attached hydrogen (secondary N) is 4. The van der Waals surface area contributed by atoms with Gasteiger partial charge in [-0.15, -0.1) is 0 Å². The van der Waals surface area contributed by atoms with Gasteiger partial charge in [-0.05, 0) is 46.1 Å². The SMILES string of the molecule is CC(=O)NCCCCC(NC(=O)CNC(=O)c1cncc(F)c1)C(=O)C(=O)NC(C)(C)C. The van der Waals surface area contributed by atoms with Gasteiger partial charge in [0.2, 0.25) is 17.6 Å². The molecule has 0 saturated heterocycles. The van der Waals surface area contributed by atoms with Crippen molar-refractivity contribution in [3.05, 3.63) is 29.8 Å². The summed E-state index contributed by atoms with van der Waals surface area (Å²) in [6, 6.07) is -0.131. The normalized spacial score (nSPS) is 11.8. The third kappa shape index (κ3) is 10.6. The average molecular weight is 451 g/mol. The third-order valence-electron chi connectivity index (χ3n) is 4.03. The number of rotatable bonds is 11. The van der Waals surface area contributed by atoms with Crippen LogP contribution in [0.1, 0.15) is 57.3 Å². The van der Waals surface area contributed by atoms with Gasteiger partial charge in [-0.3, -0.25) is 29.0 Å². The second kappa shape index (κ2) is 12.5. The van der Waals surface area contributed by atoms with Crippen molar-refractivity contribution in [3.63, 3.8) is 0 Å². The molecule has 4 amide bonds. The lowest BCUT2D eigenvalue weighted by molar-refractivity contribution is -0.141. The van der Waals surface area contributed by atoms with Gasteiger partial charge >= 0.3 is 0 Å². The molecule has 0 aliphatic heterocycles. The summed E-state index contributed by atoms with van der Waals surface area (Å²) in [4.78, 5) is 63.7. The molecule has 10 nitrogen and oxygen atoms in total. The fourth-order valence-corrected chi connectivity index (χ4v) is 2.61. The van der Waals surface area contributed by atoms with E-state index < -0.39 is 47.4 Å². The van der Waals surface area contributed by atoms with Gasteiger partial charge in [-0.25, -0.2) is 4.39 Å². The number of carbonyl (C=O) groups excluding carboxylic acids is 5. The maximum atomic E-state index is 13.2. The van der Waals surface area contributed by atoms with Gasteiger partial charge in [0.25, 0.3) is 11.8 Å². The van der Waals surface area contributed by atoms with Crippen LogP contribution in [-0.4, -0.2) is 59.1 Å². The van der Waals surface area contributed by atoms with E-state index in [0.29, 0.717) is 19.4 Å². The zero-order chi connectivity index (χ0) is 24.3. The smallest absolute Gasteiger partial charge is 0.290 e. The Morgan fingerprint density at radius 3 is 2.34 bits per heavy atom. The Hall–Kier alpha value is -3.37. The van der Waals surface area contributed by atoms with Gasteiger partial charge in [0.15, 0.2) is 0 Å². The van der Waals surface area contributed by atoms with Crippen LogP contribution in [0, 0.1) is 5.82 Å². The molecular weight excluding hydrogens is 421 g/mol. The van der Waals surface area contributed by atoms with Crippen molar-refractivity contribution >= 4 is 29.4 Å². The number of hydrogen-bond donors (Lipinski definition) is 4. The fraction of sp³-hybridized carbons (Fsp3) is 0.524. The van der Waals surface area contributed by atoms with E-state index in [2.05, 4.69) is 26.3 Å². The van der Waals surface area contributed by atoms with E-state index in [4.69, 9.17) is 0 Å². The molecule has 0 aromatic carbocycles. The maximum Gasteiger partial charge on any atom is 0.290 e. The second-order valence-electron chi connectivity index (χ2n) is 8.24. The second-order valence-corrected chi connectivity index (χ2v) is 8.24. The van der Waals surface area contributed by atoms with Crippen molar-refractivity contribution in [2.75, 3.05) is 13.1 Å². The first-order chi connectivity index (χ1) is 14.9. The number of nitrogens with zero attached hydrogens (tertiary/aromatic N) is 1. The van der Waals surface area contributed by atoms with Crippen LogP contribution in [0.25, 0.3) is 0 Å². The van der Waals surface area contributed by atoms with Crippen molar-refractivity contribution in [1.82, 2.24) is 26.3 Å². The monoisotopic (exact) mass is 451 g/mol. The van der Waals surface area contributed by atoms with Crippen molar-refractivity contribution in [2.45, 2.75) is 58.5 Å². The number of pyridine rings is 1. The van der Waals surface area contributed by atoms with Gasteiger partial charge in [0.05, 0.1) is 24.3 Å². The number of aromatic nitrogens is 1. The van der Waals surface area contributed by atoms with Crippen LogP contribution in [0.3, 0.4) is 0 Å². The highest BCUT2D eigenvalue weighted by Gasteiger charge is 2.29. The van der Waals surface area contributed by atoms with Crippen LogP contribution in [0.4, 0.5) is 4.39 Å². The van der Waals surface area contributed by atoms with Gasteiger partial charge in [-0.2, -0.15) is 0 Å². The summed E-state index contributed by atoms with van der Waals surface area (Å²) in [5.74, 6) is -3.92. The minimum atomic E-state index is -1.10. The molecule has 4 N–H and O–H groups in total. The van der Waals surface area contributed by atoms with Crippen LogP contribution >= 0.6 is 0 Å². The van der Waals surface area contributed by atoms with E-state index >= 15 is 0 Å². The molecule has 1 atom stereocenters. The van der Waals surface area contributed by atoms with Crippen molar-refractivity contribution in [2.24, 2.45) is 0 Å². The Labute approximate surface area is 186 Å². The highest BCUT2D eigenvalue weighted by atomic mass is 19.1. The minimum absolute atomic E-state index is 0.0621. The van der Waals surface area contributed by atoms with Crippen molar-refractivity contribution < 1.29 is 28.4 Å². The van der Waals surface area contributed by atoms with Crippen LogP contribution in [0.5, 0.6) is 0 Å². The van der Waals surface area contributed by atoms with E-state index in [0.717, 1.165) is 18.5 Å². The first kappa shape index (κ1) is 26.7. The van der Waals surface area contributed by atoms with E-state index in [9.17, 15) is 28.4 Å². The number of amides is 4. The van der Waals surface area contributed by atoms with Crippen LogP contribution < -0.4 is 21.3 Å². The van der Waals surface area contributed by atoms with Crippen molar-refractivity contribution in [3.8, 4) is 0 Å². The Balaban J connectivity index is 2.70. The zero-order valence-electron chi connectivity index (χ0n) is 18.7. The van der Waals surface area contributed by atoms with Gasteiger partial charge in [0.1, 0.15) is 5.82 Å². The lowest BCUT2D eigenvalue weighted by Crippen LogP contribution is -2.53. The molecule has 1 rings (SSSR count). The molecule has 1 heterocycles. The molecule has 0 saturated carbocycles. The van der Waals surface area contributed by atoms with Gasteiger partial charge in [0, 0.05) is 25.2 Å². The first-order valence-corrected chi connectivity index (χ1v) is 10.2. The van der Waals surface area contributed by atoms with Crippen LogP contribution in [-0.2, 0) is 19.2 Å². The summed E-state index contributed by atoms with van der Waals surface area (Å²) >= 11 is 0. The number of hydrogen-bond acceptors (Lipinski definition) is 6. The van der Waals surface area contributed by atoms with E-state index in [1.165, 1.54) is 6.92 Å². The number of ketones is 1. The topological polar surface area (TPSA) is 146 Å². The molecule has 1 aromatic rings. The lowest BCUT2D eigenvalue weighted by Gasteiger charge is -2.23. The highest BCUT2D eigenvalue weighted by molar-refractivity contribution is 6.38. The molecular formula is C21H30FN5O5. The molecule has 11 heteroatoms. The quantitative estimate of drug-likeness (QED) is 0.280. The molecule has 176 valence electrons. The van der Waals surface area contributed by atoms with Crippen LogP contribution in [0.2, 0.25) is 0 Å². The Bertz CT molecular complexity index is 853. The average Bonchev–Trinajstić information content (AvgIpc) is 2.68. The number of carbonyl (C=O) groups is 5. The van der Waals surface area contributed by atoms with E-state index in [1.54, 1.807) is 20.8 Å². The summed E-state index contributed by atoms with van der Waals surface area (Å²) in [7, 11) is 0.